The quantitative estimate of drug-likeness (QED) is 0.751. The van der Waals surface area contributed by atoms with Crippen LogP contribution in [0, 0.1) is 0 Å². The minimum absolute atomic E-state index is 0.142. The molecule has 27 heavy (non-hydrogen) atoms. The SMILES string of the molecule is CC(NC(=O)c1cc(C2CC2)nn1C(C)(C)C)c1ccc(NC(N)=O)cc1. The Labute approximate surface area is 159 Å². The number of primary amides is 1. The molecule has 1 fully saturated rings. The number of rotatable bonds is 5. The van der Waals surface area contributed by atoms with Crippen LogP contribution in [-0.2, 0) is 5.54 Å². The molecule has 1 unspecified atom stereocenters. The van der Waals surface area contributed by atoms with Gasteiger partial charge in [0, 0.05) is 11.6 Å². The first-order valence-corrected chi connectivity index (χ1v) is 9.23. The fourth-order valence-electron chi connectivity index (χ4n) is 3.00. The van der Waals surface area contributed by atoms with Crippen LogP contribution in [0.1, 0.15) is 74.2 Å². The molecule has 1 atom stereocenters. The molecule has 3 amide bonds. The van der Waals surface area contributed by atoms with E-state index in [9.17, 15) is 9.59 Å². The van der Waals surface area contributed by atoms with Gasteiger partial charge in [0.2, 0.25) is 0 Å². The standard InChI is InChI=1S/C20H27N5O2/c1-12(13-7-9-15(10-8-13)23-19(21)27)22-18(26)17-11-16(14-5-6-14)24-25(17)20(2,3)4/h7-12,14H,5-6H2,1-4H3,(H,22,26)(H3,21,23,27). The molecule has 2 aromatic rings. The van der Waals surface area contributed by atoms with Crippen LogP contribution in [0.15, 0.2) is 30.3 Å². The molecule has 1 aliphatic carbocycles. The Hall–Kier alpha value is -2.83. The fourth-order valence-corrected chi connectivity index (χ4v) is 3.00. The van der Waals surface area contributed by atoms with Gasteiger partial charge in [0.15, 0.2) is 0 Å². The van der Waals surface area contributed by atoms with Crippen molar-refractivity contribution < 1.29 is 9.59 Å². The lowest BCUT2D eigenvalue weighted by Gasteiger charge is -2.23. The number of hydrogen-bond acceptors (Lipinski definition) is 3. The number of amides is 3. The minimum atomic E-state index is -0.606. The van der Waals surface area contributed by atoms with Gasteiger partial charge in [0.05, 0.1) is 17.3 Å². The maximum absolute atomic E-state index is 12.9. The van der Waals surface area contributed by atoms with Crippen molar-refractivity contribution in [3.63, 3.8) is 0 Å². The van der Waals surface area contributed by atoms with Gasteiger partial charge in [-0.2, -0.15) is 5.10 Å². The Balaban J connectivity index is 1.75. The smallest absolute Gasteiger partial charge is 0.316 e. The second-order valence-corrected chi connectivity index (χ2v) is 8.12. The van der Waals surface area contributed by atoms with Crippen LogP contribution < -0.4 is 16.4 Å². The van der Waals surface area contributed by atoms with Crippen molar-refractivity contribution in [3.8, 4) is 0 Å². The van der Waals surface area contributed by atoms with Crippen LogP contribution in [0.2, 0.25) is 0 Å². The van der Waals surface area contributed by atoms with E-state index in [0.29, 0.717) is 17.3 Å². The summed E-state index contributed by atoms with van der Waals surface area (Å²) in [6.45, 7) is 8.05. The lowest BCUT2D eigenvalue weighted by molar-refractivity contribution is 0.0921. The lowest BCUT2D eigenvalue weighted by atomic mass is 10.1. The second-order valence-electron chi connectivity index (χ2n) is 8.12. The number of urea groups is 1. The van der Waals surface area contributed by atoms with E-state index in [4.69, 9.17) is 5.73 Å². The highest BCUT2D eigenvalue weighted by Gasteiger charge is 2.31. The summed E-state index contributed by atoms with van der Waals surface area (Å²) in [5.74, 6) is 0.346. The van der Waals surface area contributed by atoms with Crippen molar-refractivity contribution in [2.75, 3.05) is 5.32 Å². The lowest BCUT2D eigenvalue weighted by Crippen LogP contribution is -2.33. The van der Waals surface area contributed by atoms with E-state index >= 15 is 0 Å². The summed E-state index contributed by atoms with van der Waals surface area (Å²) in [6, 6.07) is 8.35. The number of carbonyl (C=O) groups is 2. The number of carbonyl (C=O) groups excluding carboxylic acids is 2. The average Bonchev–Trinajstić information content (AvgIpc) is 3.31. The normalized spacial score (nSPS) is 15.3. The molecule has 0 bridgehead atoms. The highest BCUT2D eigenvalue weighted by molar-refractivity contribution is 5.93. The molecular formula is C20H27N5O2. The Morgan fingerprint density at radius 3 is 2.37 bits per heavy atom. The summed E-state index contributed by atoms with van der Waals surface area (Å²) in [5.41, 5.74) is 7.98. The van der Waals surface area contributed by atoms with Gasteiger partial charge in [-0.25, -0.2) is 4.79 Å². The molecule has 3 rings (SSSR count). The monoisotopic (exact) mass is 369 g/mol. The number of nitrogens with zero attached hydrogens (tertiary/aromatic N) is 2. The van der Waals surface area contributed by atoms with E-state index < -0.39 is 6.03 Å². The summed E-state index contributed by atoms with van der Waals surface area (Å²) in [6.07, 6.45) is 2.29. The van der Waals surface area contributed by atoms with Gasteiger partial charge in [-0.05, 0) is 64.3 Å². The maximum atomic E-state index is 12.9. The van der Waals surface area contributed by atoms with Crippen molar-refractivity contribution in [2.45, 2.75) is 58.0 Å². The van der Waals surface area contributed by atoms with Crippen molar-refractivity contribution >= 4 is 17.6 Å². The molecule has 7 nitrogen and oxygen atoms in total. The van der Waals surface area contributed by atoms with E-state index in [2.05, 4.69) is 15.7 Å². The van der Waals surface area contributed by atoms with Crippen LogP contribution in [0.3, 0.4) is 0 Å². The van der Waals surface area contributed by atoms with Crippen LogP contribution in [0.25, 0.3) is 0 Å². The van der Waals surface area contributed by atoms with Crippen molar-refractivity contribution in [1.82, 2.24) is 15.1 Å². The zero-order valence-corrected chi connectivity index (χ0v) is 16.2. The molecule has 1 aromatic heterocycles. The molecule has 7 heteroatoms. The second kappa shape index (κ2) is 7.06. The van der Waals surface area contributed by atoms with Crippen molar-refractivity contribution in [2.24, 2.45) is 5.73 Å². The zero-order chi connectivity index (χ0) is 19.8. The number of nitrogens with two attached hydrogens (primary N) is 1. The third kappa shape index (κ3) is 4.48. The largest absolute Gasteiger partial charge is 0.351 e. The van der Waals surface area contributed by atoms with Gasteiger partial charge in [0.25, 0.3) is 5.91 Å². The Morgan fingerprint density at radius 2 is 1.85 bits per heavy atom. The van der Waals surface area contributed by atoms with Crippen molar-refractivity contribution in [1.29, 1.82) is 0 Å². The predicted octanol–water partition coefficient (Wildman–Crippen LogP) is 3.50. The third-order valence-electron chi connectivity index (χ3n) is 4.62. The maximum Gasteiger partial charge on any atom is 0.316 e. The summed E-state index contributed by atoms with van der Waals surface area (Å²) in [4.78, 5) is 23.8. The van der Waals surface area contributed by atoms with Gasteiger partial charge in [-0.15, -0.1) is 0 Å². The Morgan fingerprint density at radius 1 is 1.22 bits per heavy atom. The van der Waals surface area contributed by atoms with E-state index in [0.717, 1.165) is 24.1 Å². The highest BCUT2D eigenvalue weighted by Crippen LogP contribution is 2.40. The fraction of sp³-hybridized carbons (Fsp3) is 0.450. The van der Waals surface area contributed by atoms with Crippen molar-refractivity contribution in [3.05, 3.63) is 47.3 Å². The van der Waals surface area contributed by atoms with E-state index in [1.165, 1.54) is 0 Å². The first-order valence-electron chi connectivity index (χ1n) is 9.23. The van der Waals surface area contributed by atoms with Gasteiger partial charge in [0.1, 0.15) is 5.69 Å². The van der Waals surface area contributed by atoms with Crippen LogP contribution in [-0.4, -0.2) is 21.7 Å². The molecule has 0 radical (unpaired) electrons. The molecule has 144 valence electrons. The van der Waals surface area contributed by atoms with Gasteiger partial charge in [-0.3, -0.25) is 9.48 Å². The number of aromatic nitrogens is 2. The van der Waals surface area contributed by atoms with Crippen LogP contribution >= 0.6 is 0 Å². The predicted molar refractivity (Wildman–Crippen MR) is 105 cm³/mol. The molecule has 0 saturated heterocycles. The summed E-state index contributed by atoms with van der Waals surface area (Å²) in [7, 11) is 0. The number of anilines is 1. The molecule has 1 saturated carbocycles. The number of nitrogens with one attached hydrogen (secondary N) is 2. The van der Waals surface area contributed by atoms with E-state index in [1.54, 1.807) is 12.1 Å². The Kier molecular flexibility index (Phi) is 4.95. The molecule has 0 aliphatic heterocycles. The van der Waals surface area contributed by atoms with E-state index in [1.807, 2.05) is 50.6 Å². The summed E-state index contributed by atoms with van der Waals surface area (Å²) >= 11 is 0. The molecule has 1 aromatic carbocycles. The summed E-state index contributed by atoms with van der Waals surface area (Å²) in [5, 5.41) is 10.3. The average molecular weight is 369 g/mol. The topological polar surface area (TPSA) is 102 Å². The van der Waals surface area contributed by atoms with E-state index in [-0.39, 0.29) is 17.5 Å². The highest BCUT2D eigenvalue weighted by atomic mass is 16.2. The minimum Gasteiger partial charge on any atom is -0.351 e. The molecular weight excluding hydrogens is 342 g/mol. The van der Waals surface area contributed by atoms with Gasteiger partial charge < -0.3 is 16.4 Å². The molecule has 1 aliphatic rings. The Bertz CT molecular complexity index is 844. The molecule has 4 N–H and O–H groups in total. The number of benzene rings is 1. The third-order valence-corrected chi connectivity index (χ3v) is 4.62. The first-order chi connectivity index (χ1) is 12.6. The molecule has 1 heterocycles. The number of hydrogen-bond donors (Lipinski definition) is 3. The van der Waals surface area contributed by atoms with Gasteiger partial charge in [-0.1, -0.05) is 12.1 Å². The molecule has 0 spiro atoms. The zero-order valence-electron chi connectivity index (χ0n) is 16.2. The van der Waals surface area contributed by atoms with Crippen LogP contribution in [0.4, 0.5) is 10.5 Å². The summed E-state index contributed by atoms with van der Waals surface area (Å²) < 4.78 is 1.82. The van der Waals surface area contributed by atoms with Gasteiger partial charge >= 0.3 is 6.03 Å². The first kappa shape index (κ1) is 18.9. The van der Waals surface area contributed by atoms with Crippen LogP contribution in [0.5, 0.6) is 0 Å².